The van der Waals surface area contributed by atoms with Crippen LogP contribution in [0.1, 0.15) is 59.3 Å². The van der Waals surface area contributed by atoms with Crippen LogP contribution in [0.15, 0.2) is 121 Å². The molecule has 23 heteroatoms. The number of hydrogen-bond acceptors (Lipinski definition) is 15. The largest absolute Gasteiger partial charge is 0.508 e. The normalized spacial score (nSPS) is 14.6. The van der Waals surface area contributed by atoms with Crippen molar-refractivity contribution in [2.75, 3.05) is 93.5 Å². The fraction of sp³-hybridized carbons (Fsp3) is 0.344. The Bertz CT molecular complexity index is 3290. The number of alkyl halides is 1. The third-order valence-electron chi connectivity index (χ3n) is 14.5. The van der Waals surface area contributed by atoms with Gasteiger partial charge in [0.05, 0.1) is 37.9 Å². The minimum atomic E-state index is -0.802. The van der Waals surface area contributed by atoms with Crippen LogP contribution in [0.25, 0.3) is 10.8 Å². The molecule has 8 amide bonds. The van der Waals surface area contributed by atoms with Crippen molar-refractivity contribution in [3.05, 3.63) is 149 Å². The molecule has 444 valence electrons. The van der Waals surface area contributed by atoms with Crippen LogP contribution < -0.4 is 37.4 Å². The third-order valence-corrected chi connectivity index (χ3v) is 14.8. The van der Waals surface area contributed by atoms with Gasteiger partial charge in [-0.15, -0.1) is 11.6 Å². The molecule has 84 heavy (non-hydrogen) atoms. The second-order valence-corrected chi connectivity index (χ2v) is 21.5. The van der Waals surface area contributed by atoms with E-state index in [2.05, 4.69) is 16.0 Å². The monoisotopic (exact) mass is 1170 g/mol. The molecular formula is C61H72ClN11O11. The van der Waals surface area contributed by atoms with Crippen LogP contribution in [0, 0.1) is 12.8 Å². The number of anilines is 4. The number of amides is 8. The van der Waals surface area contributed by atoms with Gasteiger partial charge in [-0.3, -0.25) is 48.4 Å². The van der Waals surface area contributed by atoms with E-state index >= 15 is 0 Å². The summed E-state index contributed by atoms with van der Waals surface area (Å²) in [5, 5.41) is 20.8. The molecule has 5 aromatic rings. The first-order valence-corrected chi connectivity index (χ1v) is 27.9. The highest BCUT2D eigenvalue weighted by atomic mass is 35.5. The first kappa shape index (κ1) is 62.8. The fourth-order valence-corrected chi connectivity index (χ4v) is 10.2. The average molecular weight is 1170 g/mol. The zero-order valence-electron chi connectivity index (χ0n) is 48.1. The van der Waals surface area contributed by atoms with Gasteiger partial charge in [-0.25, -0.2) is 10.6 Å². The molecule has 0 saturated carbocycles. The molecule has 0 aliphatic carbocycles. The molecule has 5 aromatic carbocycles. The predicted octanol–water partition coefficient (Wildman–Crippen LogP) is 5.57. The number of rotatable bonds is 25. The van der Waals surface area contributed by atoms with E-state index in [1.165, 1.54) is 57.4 Å². The Balaban J connectivity index is 1.03. The van der Waals surface area contributed by atoms with E-state index in [4.69, 9.17) is 32.7 Å². The lowest BCUT2D eigenvalue weighted by Gasteiger charge is -2.28. The van der Waals surface area contributed by atoms with Gasteiger partial charge < -0.3 is 51.0 Å². The molecule has 0 fully saturated rings. The number of fused-ring (bicyclic) bond motifs is 3. The Kier molecular flexibility index (Phi) is 21.2. The van der Waals surface area contributed by atoms with Gasteiger partial charge in [0.1, 0.15) is 24.1 Å². The van der Waals surface area contributed by atoms with Crippen LogP contribution >= 0.6 is 11.6 Å². The molecule has 0 spiro atoms. The molecule has 8 N–H and O–H groups in total. The van der Waals surface area contributed by atoms with Crippen molar-refractivity contribution < 1.29 is 52.9 Å². The number of aromatic hydroxyl groups is 1. The Labute approximate surface area is 492 Å². The third kappa shape index (κ3) is 15.6. The SMILES string of the molecule is Cc1cccc2c(CC(=O)N(CCOCCN3C(=O)C=CC3=O)CCN(C)C(=O)OCc3ccc(NC(=O)[C@H](C)NC(=O)[C@H](C(C)C)N(C)C)cc3)cc3c(c12)[C@H](CCl)CN3C(=O)/C(N)=C/N(N)c1ccc(NC(=O)c2ccc(O)cc2)cc1. The quantitative estimate of drug-likeness (QED) is 0.0104. The minimum absolute atomic E-state index is 0.0133. The maximum absolute atomic E-state index is 14.7. The van der Waals surface area contributed by atoms with Crippen molar-refractivity contribution in [1.29, 1.82) is 0 Å². The summed E-state index contributed by atoms with van der Waals surface area (Å²) in [7, 11) is 5.16. The van der Waals surface area contributed by atoms with Gasteiger partial charge in [-0.05, 0) is 134 Å². The zero-order valence-corrected chi connectivity index (χ0v) is 48.9. The van der Waals surface area contributed by atoms with Gasteiger partial charge in [0.2, 0.25) is 17.7 Å². The van der Waals surface area contributed by atoms with E-state index in [1.807, 2.05) is 64.0 Å². The van der Waals surface area contributed by atoms with Crippen LogP contribution in [0.3, 0.4) is 0 Å². The Hall–Kier alpha value is -8.83. The summed E-state index contributed by atoms with van der Waals surface area (Å²) in [6, 6.07) is 25.4. The minimum Gasteiger partial charge on any atom is -0.508 e. The number of hydrogen-bond donors (Lipinski definition) is 6. The average Bonchev–Trinajstić information content (AvgIpc) is 1.81. The predicted molar refractivity (Wildman–Crippen MR) is 321 cm³/mol. The molecule has 7 rings (SSSR count). The van der Waals surface area contributed by atoms with Crippen LogP contribution in [0.2, 0.25) is 0 Å². The highest BCUT2D eigenvalue weighted by molar-refractivity contribution is 6.19. The van der Waals surface area contributed by atoms with E-state index < -0.39 is 41.8 Å². The second-order valence-electron chi connectivity index (χ2n) is 21.1. The summed E-state index contributed by atoms with van der Waals surface area (Å²) in [6.45, 7) is 7.74. The van der Waals surface area contributed by atoms with Crippen molar-refractivity contribution in [3.63, 3.8) is 0 Å². The van der Waals surface area contributed by atoms with Crippen LogP contribution in [0.4, 0.5) is 27.5 Å². The highest BCUT2D eigenvalue weighted by Gasteiger charge is 2.36. The Morgan fingerprint density at radius 1 is 0.833 bits per heavy atom. The summed E-state index contributed by atoms with van der Waals surface area (Å²) in [4.78, 5) is 113. The van der Waals surface area contributed by atoms with E-state index in [-0.39, 0.29) is 106 Å². The van der Waals surface area contributed by atoms with Gasteiger partial charge in [-0.2, -0.15) is 0 Å². The van der Waals surface area contributed by atoms with E-state index in [0.29, 0.717) is 39.4 Å². The van der Waals surface area contributed by atoms with Gasteiger partial charge in [0.25, 0.3) is 23.6 Å². The van der Waals surface area contributed by atoms with Crippen molar-refractivity contribution in [2.45, 2.75) is 58.7 Å². The molecule has 0 aromatic heterocycles. The highest BCUT2D eigenvalue weighted by Crippen LogP contribution is 2.45. The standard InChI is InChI=1S/C61H72ClN11O11/c1-37(2)56(68(5)6)59(80)65-39(4)57(78)66-44-15-11-40(12-16-44)36-84-61(82)69(7)25-26-70(27-29-83-30-28-71-51(75)23-24-52(71)76)53(77)32-42-31-50-55(54-38(3)9-8-10-48(42)54)43(33-62)34-72(50)60(81)49(63)35-73(64)46-19-17-45(18-20-46)67-58(79)41-13-21-47(74)22-14-41/h8-24,31,35,37,39,43,56,74H,25-30,32-34,36,63-64H2,1-7H3,(H,65,80)(H,66,78)(H,67,79)/b49-35-/t39-,43+,56-/m0/s1. The van der Waals surface area contributed by atoms with E-state index in [1.54, 1.807) is 67.4 Å². The Morgan fingerprint density at radius 2 is 1.49 bits per heavy atom. The summed E-state index contributed by atoms with van der Waals surface area (Å²) < 4.78 is 11.5. The number of nitrogens with one attached hydrogen (secondary N) is 3. The van der Waals surface area contributed by atoms with E-state index in [9.17, 15) is 43.5 Å². The van der Waals surface area contributed by atoms with Gasteiger partial charge in [-0.1, -0.05) is 44.2 Å². The molecule has 2 heterocycles. The number of phenolic OH excluding ortho intramolecular Hbond substituents is 1. The number of imide groups is 1. The molecule has 22 nitrogen and oxygen atoms in total. The smallest absolute Gasteiger partial charge is 0.409 e. The molecule has 2 aliphatic heterocycles. The number of aryl methyl sites for hydroxylation is 1. The molecule has 0 unspecified atom stereocenters. The molecule has 0 saturated heterocycles. The second kappa shape index (κ2) is 28.4. The van der Waals surface area contributed by atoms with Crippen molar-refractivity contribution in [1.82, 2.24) is 24.9 Å². The summed E-state index contributed by atoms with van der Waals surface area (Å²) in [5.74, 6) is 3.54. The lowest BCUT2D eigenvalue weighted by molar-refractivity contribution is -0.137. The maximum atomic E-state index is 14.7. The number of ether oxygens (including phenoxy) is 2. The summed E-state index contributed by atoms with van der Waals surface area (Å²) in [5.41, 5.74) is 11.6. The number of hydrazine groups is 1. The van der Waals surface area contributed by atoms with Crippen LogP contribution in [-0.4, -0.2) is 157 Å². The number of phenols is 1. The first-order chi connectivity index (χ1) is 40.0. The number of carbonyl (C=O) groups excluding carboxylic acids is 8. The Morgan fingerprint density at radius 3 is 2.13 bits per heavy atom. The number of benzene rings is 5. The van der Waals surface area contributed by atoms with E-state index in [0.717, 1.165) is 26.8 Å². The van der Waals surface area contributed by atoms with Crippen molar-refractivity contribution in [3.8, 4) is 5.75 Å². The zero-order chi connectivity index (χ0) is 60.9. The number of nitrogens with zero attached hydrogens (tertiary/aromatic N) is 6. The maximum Gasteiger partial charge on any atom is 0.409 e. The molecule has 0 radical (unpaired) electrons. The topological polar surface area (TPSA) is 283 Å². The summed E-state index contributed by atoms with van der Waals surface area (Å²) >= 11 is 6.65. The number of nitrogens with two attached hydrogens (primary N) is 2. The van der Waals surface area contributed by atoms with Crippen molar-refractivity contribution in [2.24, 2.45) is 17.5 Å². The number of likely N-dealkylation sites (N-methyl/N-ethyl adjacent to an activating group) is 2. The molecule has 0 bridgehead atoms. The fourth-order valence-electron chi connectivity index (χ4n) is 9.99. The number of halogens is 1. The lowest BCUT2D eigenvalue weighted by Crippen LogP contribution is -2.51. The molecular weight excluding hydrogens is 1100 g/mol. The molecule has 2 aliphatic rings. The van der Waals surface area contributed by atoms with Crippen LogP contribution in [0.5, 0.6) is 5.75 Å². The van der Waals surface area contributed by atoms with Gasteiger partial charge in [0.15, 0.2) is 0 Å². The number of carbonyl (C=O) groups is 8. The molecule has 3 atom stereocenters. The van der Waals surface area contributed by atoms with Gasteiger partial charge >= 0.3 is 6.09 Å². The summed E-state index contributed by atoms with van der Waals surface area (Å²) in [6.07, 6.45) is 2.87. The van der Waals surface area contributed by atoms with Crippen LogP contribution in [-0.2, 0) is 51.3 Å². The first-order valence-electron chi connectivity index (χ1n) is 27.3. The van der Waals surface area contributed by atoms with Gasteiger partial charge in [0, 0.05) is 86.0 Å². The van der Waals surface area contributed by atoms with Crippen molar-refractivity contribution >= 4 is 92.6 Å². The lowest BCUT2D eigenvalue weighted by atomic mass is 9.89.